The van der Waals surface area contributed by atoms with Gasteiger partial charge in [-0.2, -0.15) is 0 Å². The molecule has 4 rings (SSSR count). The van der Waals surface area contributed by atoms with Crippen LogP contribution < -0.4 is 10.3 Å². The summed E-state index contributed by atoms with van der Waals surface area (Å²) in [7, 11) is -2.20. The number of aromatic amines is 2. The Morgan fingerprint density at radius 3 is 2.50 bits per heavy atom. The predicted octanol–water partition coefficient (Wildman–Crippen LogP) is 2.89. The molecule has 7 heteroatoms. The van der Waals surface area contributed by atoms with Crippen molar-refractivity contribution in [1.82, 2.24) is 14.7 Å². The number of para-hydroxylation sites is 1. The second-order valence-electron chi connectivity index (χ2n) is 6.11. The van der Waals surface area contributed by atoms with E-state index in [0.29, 0.717) is 22.2 Å². The summed E-state index contributed by atoms with van der Waals surface area (Å²) < 4.78 is 26.6. The van der Waals surface area contributed by atoms with E-state index in [2.05, 4.69) is 14.7 Å². The van der Waals surface area contributed by atoms with Crippen LogP contribution in [0.4, 0.5) is 0 Å². The van der Waals surface area contributed by atoms with Gasteiger partial charge in [0.05, 0.1) is 15.9 Å². The summed E-state index contributed by atoms with van der Waals surface area (Å²) in [5.74, 6) is 0. The molecule has 4 aromatic rings. The Morgan fingerprint density at radius 2 is 1.73 bits per heavy atom. The van der Waals surface area contributed by atoms with Crippen molar-refractivity contribution < 1.29 is 8.42 Å². The fourth-order valence-corrected chi connectivity index (χ4v) is 4.04. The highest BCUT2D eigenvalue weighted by molar-refractivity contribution is 7.89. The maximum Gasteiger partial charge on any atom is 0.252 e. The van der Waals surface area contributed by atoms with Crippen LogP contribution in [0.5, 0.6) is 0 Å². The molecule has 0 bridgehead atoms. The Balaban J connectivity index is 2.11. The van der Waals surface area contributed by atoms with Gasteiger partial charge in [0.2, 0.25) is 10.0 Å². The molecule has 6 nitrogen and oxygen atoms in total. The molecule has 2 aromatic carbocycles. The molecule has 0 saturated heterocycles. The van der Waals surface area contributed by atoms with E-state index in [9.17, 15) is 13.2 Å². The second-order valence-corrected chi connectivity index (χ2v) is 8.00. The van der Waals surface area contributed by atoms with Crippen LogP contribution in [0.25, 0.3) is 33.1 Å². The molecule has 0 aliphatic rings. The third-order valence-corrected chi connectivity index (χ3v) is 6.02. The minimum atomic E-state index is -3.58. The lowest BCUT2D eigenvalue weighted by molar-refractivity contribution is 0.588. The van der Waals surface area contributed by atoms with E-state index in [4.69, 9.17) is 0 Å². The van der Waals surface area contributed by atoms with Crippen LogP contribution in [0.2, 0.25) is 0 Å². The Hall–Kier alpha value is -2.90. The van der Waals surface area contributed by atoms with Crippen LogP contribution in [0.1, 0.15) is 5.56 Å². The topological polar surface area (TPSA) is 94.8 Å². The summed E-state index contributed by atoms with van der Waals surface area (Å²) >= 11 is 0. The van der Waals surface area contributed by atoms with Crippen LogP contribution in [0, 0.1) is 6.92 Å². The summed E-state index contributed by atoms with van der Waals surface area (Å²) in [5.41, 5.74) is 4.11. The van der Waals surface area contributed by atoms with Crippen molar-refractivity contribution in [1.29, 1.82) is 0 Å². The maximum atomic E-state index is 12.5. The molecule has 132 valence electrons. The molecular weight excluding hydrogens is 350 g/mol. The van der Waals surface area contributed by atoms with Gasteiger partial charge >= 0.3 is 0 Å². The van der Waals surface area contributed by atoms with Gasteiger partial charge in [-0.15, -0.1) is 0 Å². The molecule has 26 heavy (non-hydrogen) atoms. The third-order valence-electron chi connectivity index (χ3n) is 4.61. The van der Waals surface area contributed by atoms with Gasteiger partial charge in [0.15, 0.2) is 0 Å². The van der Waals surface area contributed by atoms with E-state index in [0.717, 1.165) is 16.4 Å². The lowest BCUT2D eigenvalue weighted by Crippen LogP contribution is -2.18. The lowest BCUT2D eigenvalue weighted by Gasteiger charge is -2.10. The highest BCUT2D eigenvalue weighted by Crippen LogP contribution is 2.33. The summed E-state index contributed by atoms with van der Waals surface area (Å²) in [6.07, 6.45) is 0. The number of hydrogen-bond donors (Lipinski definition) is 3. The molecule has 0 radical (unpaired) electrons. The molecule has 0 fully saturated rings. The van der Waals surface area contributed by atoms with E-state index in [1.807, 2.05) is 24.3 Å². The highest BCUT2D eigenvalue weighted by Gasteiger charge is 2.18. The van der Waals surface area contributed by atoms with Crippen molar-refractivity contribution in [2.24, 2.45) is 0 Å². The summed E-state index contributed by atoms with van der Waals surface area (Å²) in [4.78, 5) is 18.9. The zero-order chi connectivity index (χ0) is 18.5. The molecule has 3 N–H and O–H groups in total. The Bertz CT molecular complexity index is 1320. The largest absolute Gasteiger partial charge is 0.353 e. The average Bonchev–Trinajstić information content (AvgIpc) is 3.00. The van der Waals surface area contributed by atoms with Crippen molar-refractivity contribution in [2.75, 3.05) is 7.05 Å². The third kappa shape index (κ3) is 2.44. The molecule has 0 aliphatic heterocycles. The summed E-state index contributed by atoms with van der Waals surface area (Å²) in [6, 6.07) is 14.3. The second kappa shape index (κ2) is 5.82. The minimum Gasteiger partial charge on any atom is -0.353 e. The molecule has 0 unspecified atom stereocenters. The van der Waals surface area contributed by atoms with E-state index >= 15 is 0 Å². The number of nitrogens with one attached hydrogen (secondary N) is 3. The summed E-state index contributed by atoms with van der Waals surface area (Å²) in [5, 5.41) is 0.917. The number of benzene rings is 2. The Kier molecular flexibility index (Phi) is 3.71. The normalized spacial score (nSPS) is 12.1. The van der Waals surface area contributed by atoms with E-state index in [1.54, 1.807) is 25.1 Å². The number of fused-ring (bicyclic) bond motifs is 3. The number of hydrogen-bond acceptors (Lipinski definition) is 3. The van der Waals surface area contributed by atoms with E-state index in [1.165, 1.54) is 13.1 Å². The minimum absolute atomic E-state index is 0.154. The van der Waals surface area contributed by atoms with Gasteiger partial charge in [-0.05, 0) is 37.7 Å². The fourth-order valence-electron chi connectivity index (χ4n) is 3.27. The van der Waals surface area contributed by atoms with Crippen molar-refractivity contribution in [3.8, 4) is 11.1 Å². The van der Waals surface area contributed by atoms with Crippen molar-refractivity contribution >= 4 is 32.0 Å². The Labute approximate surface area is 149 Å². The lowest BCUT2D eigenvalue weighted by atomic mass is 10.0. The van der Waals surface area contributed by atoms with Crippen molar-refractivity contribution in [3.05, 3.63) is 64.4 Å². The van der Waals surface area contributed by atoms with Crippen LogP contribution in [0.3, 0.4) is 0 Å². The van der Waals surface area contributed by atoms with Gasteiger partial charge in [0.25, 0.3) is 5.56 Å². The van der Waals surface area contributed by atoms with Crippen LogP contribution in [-0.2, 0) is 10.0 Å². The number of aromatic nitrogens is 2. The quantitative estimate of drug-likeness (QED) is 0.520. The van der Waals surface area contributed by atoms with Crippen molar-refractivity contribution in [3.63, 3.8) is 0 Å². The van der Waals surface area contributed by atoms with Gasteiger partial charge in [-0.25, -0.2) is 13.1 Å². The number of H-pyrrole nitrogens is 2. The predicted molar refractivity (Wildman–Crippen MR) is 103 cm³/mol. The molecule has 0 aliphatic carbocycles. The first-order valence-corrected chi connectivity index (χ1v) is 9.58. The zero-order valence-corrected chi connectivity index (χ0v) is 15.1. The molecule has 0 spiro atoms. The molecule has 0 amide bonds. The van der Waals surface area contributed by atoms with Crippen LogP contribution >= 0.6 is 0 Å². The van der Waals surface area contributed by atoms with Gasteiger partial charge in [-0.1, -0.05) is 30.3 Å². The van der Waals surface area contributed by atoms with Gasteiger partial charge in [0, 0.05) is 22.0 Å². The first kappa shape index (κ1) is 16.6. The number of sulfonamides is 1. The molecule has 2 aromatic heterocycles. The first-order valence-electron chi connectivity index (χ1n) is 8.09. The molecule has 0 saturated carbocycles. The molecular formula is C19H17N3O3S. The van der Waals surface area contributed by atoms with Crippen LogP contribution in [-0.4, -0.2) is 25.4 Å². The fraction of sp³-hybridized carbons (Fsp3) is 0.105. The molecule has 0 atom stereocenters. The average molecular weight is 367 g/mol. The number of rotatable bonds is 3. The Morgan fingerprint density at radius 1 is 0.962 bits per heavy atom. The molecule has 2 heterocycles. The standard InChI is InChI=1S/C19H17N3O3S/c1-11-16(12-6-5-7-13(10-12)26(24,25)20-2)18-17(22-19(11)23)14-8-3-4-9-15(14)21-18/h3-10,20-21H,1-2H3,(H,22,23). The van der Waals surface area contributed by atoms with Gasteiger partial charge in [-0.3, -0.25) is 4.79 Å². The highest BCUT2D eigenvalue weighted by atomic mass is 32.2. The maximum absolute atomic E-state index is 12.5. The smallest absolute Gasteiger partial charge is 0.252 e. The number of pyridine rings is 1. The van der Waals surface area contributed by atoms with E-state index in [-0.39, 0.29) is 10.5 Å². The van der Waals surface area contributed by atoms with Crippen LogP contribution in [0.15, 0.2) is 58.2 Å². The zero-order valence-electron chi connectivity index (χ0n) is 14.3. The van der Waals surface area contributed by atoms with Crippen molar-refractivity contribution in [2.45, 2.75) is 11.8 Å². The van der Waals surface area contributed by atoms with Gasteiger partial charge < -0.3 is 9.97 Å². The first-order chi connectivity index (χ1) is 12.4. The van der Waals surface area contributed by atoms with Gasteiger partial charge in [0.1, 0.15) is 0 Å². The SMILES string of the molecule is CNS(=O)(=O)c1cccc(-c2c(C)c(=O)[nH]c3c2[nH]c2ccccc23)c1. The van der Waals surface area contributed by atoms with E-state index < -0.39 is 10.0 Å². The summed E-state index contributed by atoms with van der Waals surface area (Å²) in [6.45, 7) is 1.73. The monoisotopic (exact) mass is 367 g/mol.